The fourth-order valence-corrected chi connectivity index (χ4v) is 4.60. The van der Waals surface area contributed by atoms with Gasteiger partial charge in [0, 0.05) is 12.6 Å². The van der Waals surface area contributed by atoms with Crippen molar-refractivity contribution in [3.63, 3.8) is 0 Å². The molecular weight excluding hydrogens is 338 g/mol. The second kappa shape index (κ2) is 7.45. The van der Waals surface area contributed by atoms with Crippen LogP contribution in [0.5, 0.6) is 11.5 Å². The number of phenolic OH excluding ortho intramolecular Hbond substituents is 2. The van der Waals surface area contributed by atoms with Crippen LogP contribution in [-0.2, 0) is 10.0 Å². The van der Waals surface area contributed by atoms with Gasteiger partial charge in [-0.1, -0.05) is 24.3 Å². The van der Waals surface area contributed by atoms with Gasteiger partial charge in [-0.15, -0.1) is 0 Å². The summed E-state index contributed by atoms with van der Waals surface area (Å²) in [6.07, 6.45) is 3.61. The van der Waals surface area contributed by atoms with Crippen LogP contribution in [0, 0.1) is 5.92 Å². The first-order valence-electron chi connectivity index (χ1n) is 8.52. The molecule has 6 heteroatoms. The van der Waals surface area contributed by atoms with Crippen molar-refractivity contribution >= 4 is 10.0 Å². The van der Waals surface area contributed by atoms with E-state index in [1.807, 2.05) is 0 Å². The summed E-state index contributed by atoms with van der Waals surface area (Å²) in [4.78, 5) is 0.290. The van der Waals surface area contributed by atoms with E-state index in [0.29, 0.717) is 12.5 Å². The summed E-state index contributed by atoms with van der Waals surface area (Å²) in [5.74, 6) is 0.745. The van der Waals surface area contributed by atoms with Gasteiger partial charge in [0.25, 0.3) is 0 Å². The summed E-state index contributed by atoms with van der Waals surface area (Å²) in [6.45, 7) is 0.436. The van der Waals surface area contributed by atoms with Crippen molar-refractivity contribution in [2.75, 3.05) is 6.54 Å². The lowest BCUT2D eigenvalue weighted by Gasteiger charge is -2.29. The highest BCUT2D eigenvalue weighted by atomic mass is 32.2. The number of rotatable bonds is 5. The van der Waals surface area contributed by atoms with Gasteiger partial charge in [0.15, 0.2) is 0 Å². The predicted molar refractivity (Wildman–Crippen MR) is 96.1 cm³/mol. The van der Waals surface area contributed by atoms with Gasteiger partial charge in [-0.25, -0.2) is 13.1 Å². The molecule has 1 saturated carbocycles. The summed E-state index contributed by atoms with van der Waals surface area (Å²) < 4.78 is 27.2. The van der Waals surface area contributed by atoms with Gasteiger partial charge in [0.1, 0.15) is 11.5 Å². The molecular formula is C19H23NO4S. The molecule has 25 heavy (non-hydrogen) atoms. The maximum absolute atomic E-state index is 12.3. The number of sulfonamides is 1. The van der Waals surface area contributed by atoms with E-state index >= 15 is 0 Å². The summed E-state index contributed by atoms with van der Waals surface area (Å²) >= 11 is 0. The first kappa shape index (κ1) is 17.8. The van der Waals surface area contributed by atoms with Gasteiger partial charge in [-0.2, -0.15) is 0 Å². The Hall–Kier alpha value is -2.05. The third-order valence-corrected chi connectivity index (χ3v) is 6.36. The van der Waals surface area contributed by atoms with Crippen molar-refractivity contribution in [3.05, 3.63) is 54.1 Å². The highest BCUT2D eigenvalue weighted by Gasteiger charge is 2.25. The molecule has 0 radical (unpaired) electrons. The topological polar surface area (TPSA) is 86.6 Å². The molecule has 1 aliphatic rings. The maximum Gasteiger partial charge on any atom is 0.240 e. The minimum absolute atomic E-state index is 0.0604. The zero-order valence-electron chi connectivity index (χ0n) is 13.9. The van der Waals surface area contributed by atoms with Crippen LogP contribution in [0.15, 0.2) is 53.4 Å². The second-order valence-electron chi connectivity index (χ2n) is 6.63. The fraction of sp³-hybridized carbons (Fsp3) is 0.368. The van der Waals surface area contributed by atoms with Crippen LogP contribution in [0.25, 0.3) is 0 Å². The van der Waals surface area contributed by atoms with Crippen molar-refractivity contribution in [2.45, 2.75) is 36.5 Å². The molecule has 0 spiro atoms. The lowest BCUT2D eigenvalue weighted by Crippen LogP contribution is -2.31. The Bertz CT molecular complexity index is 813. The van der Waals surface area contributed by atoms with E-state index in [1.54, 1.807) is 42.5 Å². The van der Waals surface area contributed by atoms with E-state index in [2.05, 4.69) is 4.72 Å². The number of phenols is 2. The predicted octanol–water partition coefficient (Wildman–Crippen LogP) is 3.35. The molecule has 2 aromatic rings. The lowest BCUT2D eigenvalue weighted by atomic mass is 9.78. The standard InChI is InChI=1S/C19H23NO4S/c21-16-10-11-18(19(22)12-16)15-8-6-14(7-9-15)13-20-25(23,24)17-4-2-1-3-5-17/h1-5,10-12,14-15,20-22H,6-9,13H2. The van der Waals surface area contributed by atoms with Gasteiger partial charge >= 0.3 is 0 Å². The summed E-state index contributed by atoms with van der Waals surface area (Å²) in [6, 6.07) is 13.1. The molecule has 0 amide bonds. The molecule has 1 aliphatic carbocycles. The van der Waals surface area contributed by atoms with E-state index in [9.17, 15) is 18.6 Å². The largest absolute Gasteiger partial charge is 0.508 e. The molecule has 0 aliphatic heterocycles. The first-order chi connectivity index (χ1) is 12.0. The smallest absolute Gasteiger partial charge is 0.240 e. The van der Waals surface area contributed by atoms with Gasteiger partial charge in [0.05, 0.1) is 4.90 Å². The molecule has 3 N–H and O–H groups in total. The molecule has 2 aromatic carbocycles. The van der Waals surface area contributed by atoms with Crippen molar-refractivity contribution in [1.29, 1.82) is 0 Å². The van der Waals surface area contributed by atoms with Crippen LogP contribution >= 0.6 is 0 Å². The Balaban J connectivity index is 1.54. The van der Waals surface area contributed by atoms with Gasteiger partial charge < -0.3 is 10.2 Å². The normalized spacial score (nSPS) is 21.1. The third-order valence-electron chi connectivity index (χ3n) is 4.92. The van der Waals surface area contributed by atoms with Crippen LogP contribution in [-0.4, -0.2) is 25.2 Å². The molecule has 0 heterocycles. The number of nitrogens with one attached hydrogen (secondary N) is 1. The van der Waals surface area contributed by atoms with E-state index < -0.39 is 10.0 Å². The minimum atomic E-state index is -3.45. The lowest BCUT2D eigenvalue weighted by molar-refractivity contribution is 0.320. The van der Waals surface area contributed by atoms with E-state index in [4.69, 9.17) is 0 Å². The monoisotopic (exact) mass is 361 g/mol. The highest BCUT2D eigenvalue weighted by Crippen LogP contribution is 2.40. The Morgan fingerprint density at radius 3 is 2.28 bits per heavy atom. The minimum Gasteiger partial charge on any atom is -0.508 e. The van der Waals surface area contributed by atoms with Gasteiger partial charge in [-0.05, 0) is 61.3 Å². The SMILES string of the molecule is O=S(=O)(NCC1CCC(c2ccc(O)cc2O)CC1)c1ccccc1. The number of hydrogen-bond acceptors (Lipinski definition) is 4. The van der Waals surface area contributed by atoms with Crippen molar-refractivity contribution < 1.29 is 18.6 Å². The molecule has 0 bridgehead atoms. The maximum atomic E-state index is 12.3. The van der Waals surface area contributed by atoms with Crippen LogP contribution in [0.2, 0.25) is 0 Å². The Labute approximate surface area is 148 Å². The van der Waals surface area contributed by atoms with Crippen LogP contribution in [0.4, 0.5) is 0 Å². The van der Waals surface area contributed by atoms with Crippen LogP contribution < -0.4 is 4.72 Å². The molecule has 0 atom stereocenters. The molecule has 1 fully saturated rings. The average molecular weight is 361 g/mol. The quantitative estimate of drug-likeness (QED) is 0.762. The first-order valence-corrected chi connectivity index (χ1v) is 10.0. The Morgan fingerprint density at radius 1 is 0.960 bits per heavy atom. The fourth-order valence-electron chi connectivity index (χ4n) is 3.47. The number of benzene rings is 2. The zero-order chi connectivity index (χ0) is 17.9. The molecule has 0 unspecified atom stereocenters. The van der Waals surface area contributed by atoms with Crippen molar-refractivity contribution in [2.24, 2.45) is 5.92 Å². The van der Waals surface area contributed by atoms with Gasteiger partial charge in [0.2, 0.25) is 10.0 Å². The summed E-state index contributed by atoms with van der Waals surface area (Å²) in [5.41, 5.74) is 0.862. The van der Waals surface area contributed by atoms with Crippen LogP contribution in [0.3, 0.4) is 0 Å². The van der Waals surface area contributed by atoms with Crippen molar-refractivity contribution in [3.8, 4) is 11.5 Å². The van der Waals surface area contributed by atoms with E-state index in [1.165, 1.54) is 6.07 Å². The molecule has 134 valence electrons. The molecule has 0 aromatic heterocycles. The summed E-state index contributed by atoms with van der Waals surface area (Å²) in [7, 11) is -3.45. The number of hydrogen-bond donors (Lipinski definition) is 3. The Morgan fingerprint density at radius 2 is 1.64 bits per heavy atom. The highest BCUT2D eigenvalue weighted by molar-refractivity contribution is 7.89. The third kappa shape index (κ3) is 4.32. The van der Waals surface area contributed by atoms with Crippen molar-refractivity contribution in [1.82, 2.24) is 4.72 Å². The zero-order valence-corrected chi connectivity index (χ0v) is 14.7. The Kier molecular flexibility index (Phi) is 5.30. The average Bonchev–Trinajstić information content (AvgIpc) is 2.61. The van der Waals surface area contributed by atoms with E-state index in [0.717, 1.165) is 31.2 Å². The van der Waals surface area contributed by atoms with E-state index in [-0.39, 0.29) is 22.3 Å². The van der Waals surface area contributed by atoms with Crippen LogP contribution in [0.1, 0.15) is 37.2 Å². The molecule has 3 rings (SSSR count). The second-order valence-corrected chi connectivity index (χ2v) is 8.39. The molecule has 5 nitrogen and oxygen atoms in total. The molecule has 0 saturated heterocycles. The summed E-state index contributed by atoms with van der Waals surface area (Å²) in [5, 5.41) is 19.4. The number of aromatic hydroxyl groups is 2. The van der Waals surface area contributed by atoms with Gasteiger partial charge in [-0.3, -0.25) is 0 Å².